The van der Waals surface area contributed by atoms with E-state index in [4.69, 9.17) is 0 Å². The van der Waals surface area contributed by atoms with Crippen LogP contribution in [0.2, 0.25) is 0 Å². The third-order valence-electron chi connectivity index (χ3n) is 8.97. The van der Waals surface area contributed by atoms with Crippen LogP contribution in [0.5, 0.6) is 0 Å². The maximum Gasteiger partial charge on any atom is 0.236 e. The van der Waals surface area contributed by atoms with Gasteiger partial charge in [0.2, 0.25) is 5.04 Å². The monoisotopic (exact) mass is 459 g/mol. The molecule has 0 bridgehead atoms. The molecule has 6 rings (SSSR count). The van der Waals surface area contributed by atoms with E-state index in [1.54, 1.807) is 11.3 Å². The number of rotatable bonds is 5. The van der Waals surface area contributed by atoms with Gasteiger partial charge in [0, 0.05) is 29.4 Å². The van der Waals surface area contributed by atoms with Gasteiger partial charge in [-0.3, -0.25) is 0 Å². The molecule has 0 atom stereocenters. The van der Waals surface area contributed by atoms with Crippen molar-refractivity contribution in [2.75, 3.05) is 30.3 Å². The molecule has 0 saturated heterocycles. The quantitative estimate of drug-likeness (QED) is 0.427. The van der Waals surface area contributed by atoms with Gasteiger partial charge in [-0.05, 0) is 54.5 Å². The van der Waals surface area contributed by atoms with Crippen molar-refractivity contribution in [3.05, 3.63) is 53.7 Å². The molecule has 2 saturated carbocycles. The lowest BCUT2D eigenvalue weighted by molar-refractivity contribution is -0.513. The molecule has 174 valence electrons. The van der Waals surface area contributed by atoms with E-state index in [9.17, 15) is 0 Å². The first-order chi connectivity index (χ1) is 16.3. The third-order valence-corrected chi connectivity index (χ3v) is 10.0. The molecule has 33 heavy (non-hydrogen) atoms. The number of hydrogen-bond acceptors (Lipinski definition) is 2. The van der Waals surface area contributed by atoms with E-state index < -0.39 is 0 Å². The molecule has 2 aliphatic carbocycles. The molecule has 0 aromatic heterocycles. The van der Waals surface area contributed by atoms with Crippen molar-refractivity contribution in [2.45, 2.75) is 76.5 Å². The first-order valence-corrected chi connectivity index (χ1v) is 14.6. The van der Waals surface area contributed by atoms with Crippen molar-refractivity contribution < 1.29 is 4.58 Å². The lowest BCUT2D eigenvalue weighted by Crippen LogP contribution is -2.35. The zero-order chi connectivity index (χ0) is 22.3. The van der Waals surface area contributed by atoms with E-state index >= 15 is 0 Å². The van der Waals surface area contributed by atoms with Crippen molar-refractivity contribution in [1.29, 1.82) is 0 Å². The highest BCUT2D eigenvalue weighted by atomic mass is 32.2. The van der Waals surface area contributed by atoms with Crippen molar-refractivity contribution in [3.63, 3.8) is 0 Å². The Bertz CT molecular complexity index is 1090. The first kappa shape index (κ1) is 21.8. The van der Waals surface area contributed by atoms with E-state index in [-0.39, 0.29) is 5.41 Å². The molecular formula is C30H39N2S+. The Morgan fingerprint density at radius 1 is 1.03 bits per heavy atom. The van der Waals surface area contributed by atoms with Gasteiger partial charge < -0.3 is 4.90 Å². The first-order valence-electron chi connectivity index (χ1n) is 13.6. The maximum absolute atomic E-state index is 2.80. The zero-order valence-corrected chi connectivity index (χ0v) is 21.1. The fourth-order valence-electron chi connectivity index (χ4n) is 7.26. The van der Waals surface area contributed by atoms with Crippen molar-refractivity contribution in [1.82, 2.24) is 0 Å². The van der Waals surface area contributed by atoms with E-state index in [2.05, 4.69) is 70.6 Å². The molecule has 2 heterocycles. The van der Waals surface area contributed by atoms with Crippen LogP contribution in [0, 0.1) is 5.92 Å². The highest BCUT2D eigenvalue weighted by molar-refractivity contribution is 8.14. The third kappa shape index (κ3) is 3.75. The van der Waals surface area contributed by atoms with E-state index in [0.717, 1.165) is 12.5 Å². The molecule has 2 aliphatic heterocycles. The van der Waals surface area contributed by atoms with Crippen molar-refractivity contribution in [2.24, 2.45) is 5.92 Å². The zero-order valence-electron chi connectivity index (χ0n) is 20.3. The van der Waals surface area contributed by atoms with Crippen LogP contribution in [0.15, 0.2) is 48.2 Å². The summed E-state index contributed by atoms with van der Waals surface area (Å²) in [7, 11) is 0. The summed E-state index contributed by atoms with van der Waals surface area (Å²) in [6, 6.07) is 14.0. The lowest BCUT2D eigenvalue weighted by Gasteiger charge is -2.37. The van der Waals surface area contributed by atoms with Gasteiger partial charge in [0.15, 0.2) is 6.54 Å². The summed E-state index contributed by atoms with van der Waals surface area (Å²) in [4.78, 5) is 2.80. The highest BCUT2D eigenvalue weighted by Gasteiger charge is 2.49. The predicted octanol–water partition coefficient (Wildman–Crippen LogP) is 7.50. The summed E-state index contributed by atoms with van der Waals surface area (Å²) >= 11 is 2.08. The van der Waals surface area contributed by atoms with Gasteiger partial charge in [-0.15, -0.1) is 0 Å². The average molecular weight is 460 g/mol. The summed E-state index contributed by atoms with van der Waals surface area (Å²) in [5, 5.41) is 4.43. The molecule has 2 aromatic carbocycles. The normalized spacial score (nSPS) is 24.0. The minimum atomic E-state index is 0.194. The van der Waals surface area contributed by atoms with Gasteiger partial charge in [0.1, 0.15) is 6.54 Å². The van der Waals surface area contributed by atoms with E-state index in [1.165, 1.54) is 105 Å². The van der Waals surface area contributed by atoms with Gasteiger partial charge in [0.25, 0.3) is 0 Å². The molecule has 4 aliphatic rings. The second-order valence-electron chi connectivity index (χ2n) is 10.7. The number of anilines is 1. The largest absolute Gasteiger partial charge is 0.344 e. The second-order valence-corrected chi connectivity index (χ2v) is 11.8. The molecule has 3 heteroatoms. The van der Waals surface area contributed by atoms with Crippen LogP contribution >= 0.6 is 11.8 Å². The Hall–Kier alpha value is -1.74. The predicted molar refractivity (Wildman–Crippen MR) is 144 cm³/mol. The van der Waals surface area contributed by atoms with Gasteiger partial charge >= 0.3 is 0 Å². The van der Waals surface area contributed by atoms with E-state index in [1.807, 2.05) is 0 Å². The summed E-state index contributed by atoms with van der Waals surface area (Å²) in [5.74, 6) is 2.16. The van der Waals surface area contributed by atoms with Crippen LogP contribution in [0.4, 0.5) is 5.69 Å². The fourth-order valence-corrected chi connectivity index (χ4v) is 8.38. The Morgan fingerprint density at radius 3 is 2.67 bits per heavy atom. The minimum Gasteiger partial charge on any atom is -0.344 e. The number of thioether (sulfide) groups is 1. The number of allylic oxidation sites excluding steroid dienone is 1. The van der Waals surface area contributed by atoms with Crippen LogP contribution in [-0.4, -0.2) is 35.0 Å². The number of nitrogens with zero attached hydrogens (tertiary/aromatic N) is 2. The second kappa shape index (κ2) is 9.13. The van der Waals surface area contributed by atoms with Crippen LogP contribution in [0.3, 0.4) is 0 Å². The molecule has 0 radical (unpaired) electrons. The SMILES string of the molecule is CC[N+]1=C(/C=C2/N(CCC3CCCC3)c3ccc4ccccc4c3C23CCCCC3)SCC1. The standard InChI is InChI=1S/C30H39N2S/c1-2-31-20-21-33-28(31)22-27-30(17-8-3-9-18-30)29-25-13-7-6-12-24(25)14-15-26(29)32(27)19-16-23-10-4-5-11-23/h6-7,12-15,22-23H,2-5,8-11,16-21H2,1H3/q+1. The number of hydrogen-bond donors (Lipinski definition) is 0. The van der Waals surface area contributed by atoms with Gasteiger partial charge in [-0.1, -0.05) is 87.0 Å². The molecule has 1 spiro atoms. The lowest BCUT2D eigenvalue weighted by atomic mass is 9.67. The summed E-state index contributed by atoms with van der Waals surface area (Å²) < 4.78 is 2.60. The topological polar surface area (TPSA) is 6.25 Å². The maximum atomic E-state index is 2.80. The van der Waals surface area contributed by atoms with Gasteiger partial charge in [-0.25, -0.2) is 4.58 Å². The number of benzene rings is 2. The minimum absolute atomic E-state index is 0.194. The highest BCUT2D eigenvalue weighted by Crippen LogP contribution is 2.57. The molecule has 0 N–H and O–H groups in total. The summed E-state index contributed by atoms with van der Waals surface area (Å²) in [6.07, 6.45) is 16.5. The molecular weight excluding hydrogens is 420 g/mol. The molecule has 2 fully saturated rings. The Labute approximate surface area is 204 Å². The summed E-state index contributed by atoms with van der Waals surface area (Å²) in [6.45, 7) is 5.82. The average Bonchev–Trinajstić information content (AvgIpc) is 3.59. The smallest absolute Gasteiger partial charge is 0.236 e. The number of fused-ring (bicyclic) bond motifs is 4. The van der Waals surface area contributed by atoms with Crippen molar-refractivity contribution in [3.8, 4) is 0 Å². The van der Waals surface area contributed by atoms with Crippen LogP contribution in [0.1, 0.15) is 76.7 Å². The Kier molecular flexibility index (Phi) is 6.03. The van der Waals surface area contributed by atoms with Crippen LogP contribution in [-0.2, 0) is 5.41 Å². The fraction of sp³-hybridized carbons (Fsp3) is 0.567. The van der Waals surface area contributed by atoms with Crippen molar-refractivity contribution >= 4 is 33.3 Å². The molecule has 0 unspecified atom stereocenters. The van der Waals surface area contributed by atoms with Gasteiger partial charge in [0.05, 0.1) is 5.75 Å². The molecule has 0 amide bonds. The molecule has 2 nitrogen and oxygen atoms in total. The molecule has 2 aromatic rings. The van der Waals surface area contributed by atoms with E-state index in [0.29, 0.717) is 0 Å². The van der Waals surface area contributed by atoms with Gasteiger partial charge in [-0.2, -0.15) is 0 Å². The summed E-state index contributed by atoms with van der Waals surface area (Å²) in [5.41, 5.74) is 5.00. The van der Waals surface area contributed by atoms with Crippen LogP contribution in [0.25, 0.3) is 10.8 Å². The Balaban J connectivity index is 1.52. The van der Waals surface area contributed by atoms with Crippen LogP contribution < -0.4 is 4.90 Å². The Morgan fingerprint density at radius 2 is 1.85 bits per heavy atom.